The number of carbonyl (C=O) groups excluding carboxylic acids is 3. The van der Waals surface area contributed by atoms with Crippen LogP contribution < -0.4 is 26.8 Å². The van der Waals surface area contributed by atoms with Gasteiger partial charge in [-0.05, 0) is 137 Å². The van der Waals surface area contributed by atoms with Crippen LogP contribution in [0.4, 0.5) is 20.4 Å². The van der Waals surface area contributed by atoms with Crippen molar-refractivity contribution in [2.75, 3.05) is 49.9 Å². The number of H-pyrrole nitrogens is 1. The molecule has 8 rings (SSSR count). The van der Waals surface area contributed by atoms with Gasteiger partial charge in [0.1, 0.15) is 17.6 Å². The lowest BCUT2D eigenvalue weighted by Crippen LogP contribution is -2.47. The number of hydrogen-bond acceptors (Lipinski definition) is 10. The van der Waals surface area contributed by atoms with Gasteiger partial charge in [0.2, 0.25) is 23.7 Å². The number of carbonyl (C=O) groups is 3. The van der Waals surface area contributed by atoms with Crippen molar-refractivity contribution in [3.8, 4) is 22.4 Å². The van der Waals surface area contributed by atoms with Crippen molar-refractivity contribution in [3.63, 3.8) is 0 Å². The molecule has 1 saturated carbocycles. The van der Waals surface area contributed by atoms with Crippen molar-refractivity contribution < 1.29 is 23.2 Å². The second-order valence-corrected chi connectivity index (χ2v) is 16.8. The van der Waals surface area contributed by atoms with E-state index >= 15 is 4.39 Å². The summed E-state index contributed by atoms with van der Waals surface area (Å²) >= 11 is 0. The summed E-state index contributed by atoms with van der Waals surface area (Å²) in [6, 6.07) is 15.3. The number of amides is 3. The van der Waals surface area contributed by atoms with Crippen LogP contribution in [0.3, 0.4) is 0 Å². The van der Waals surface area contributed by atoms with E-state index in [1.807, 2.05) is 18.2 Å². The third-order valence-electron chi connectivity index (χ3n) is 12.6. The van der Waals surface area contributed by atoms with E-state index in [9.17, 15) is 23.6 Å². The number of pyridine rings is 1. The van der Waals surface area contributed by atoms with Crippen molar-refractivity contribution in [3.05, 3.63) is 94.5 Å². The van der Waals surface area contributed by atoms with Gasteiger partial charge >= 0.3 is 0 Å². The Labute approximate surface area is 348 Å². The fourth-order valence-electron chi connectivity index (χ4n) is 9.26. The van der Waals surface area contributed by atoms with Gasteiger partial charge in [-0.3, -0.25) is 29.4 Å². The molecule has 0 radical (unpaired) electrons. The molecule has 1 unspecified atom stereocenters. The van der Waals surface area contributed by atoms with Crippen LogP contribution in [0.25, 0.3) is 22.4 Å². The number of halogens is 2. The molecule has 5 heterocycles. The minimum Gasteiger partial charge on any atom is -0.374 e. The largest absolute Gasteiger partial charge is 0.374 e. The van der Waals surface area contributed by atoms with Crippen LogP contribution in [0.15, 0.2) is 71.8 Å². The van der Waals surface area contributed by atoms with Crippen LogP contribution in [-0.2, 0) is 14.4 Å². The van der Waals surface area contributed by atoms with E-state index in [2.05, 4.69) is 46.0 Å². The molecule has 2 aromatic heterocycles. The first-order valence-corrected chi connectivity index (χ1v) is 21.3. The maximum Gasteiger partial charge on any atom is 0.255 e. The second kappa shape index (κ2) is 18.8. The smallest absolute Gasteiger partial charge is 0.255 e. The summed E-state index contributed by atoms with van der Waals surface area (Å²) in [6.45, 7) is 5.05. The summed E-state index contributed by atoms with van der Waals surface area (Å²) in [4.78, 5) is 65.1. The van der Waals surface area contributed by atoms with Crippen molar-refractivity contribution in [2.45, 2.75) is 88.3 Å². The Morgan fingerprint density at radius 2 is 1.53 bits per heavy atom. The lowest BCUT2D eigenvalue weighted by atomic mass is 9.87. The van der Waals surface area contributed by atoms with Crippen LogP contribution >= 0.6 is 0 Å². The number of likely N-dealkylation sites (tertiary alicyclic amines) is 2. The van der Waals surface area contributed by atoms with E-state index in [1.54, 1.807) is 36.5 Å². The van der Waals surface area contributed by atoms with Crippen LogP contribution in [-0.4, -0.2) is 99.9 Å². The Kier molecular flexibility index (Phi) is 12.9. The molecule has 0 bridgehead atoms. The molecule has 1 atom stereocenters. The first-order valence-electron chi connectivity index (χ1n) is 21.3. The summed E-state index contributed by atoms with van der Waals surface area (Å²) in [5.41, 5.74) is 2.91. The molecule has 3 aliphatic heterocycles. The highest BCUT2D eigenvalue weighted by molar-refractivity contribution is 6.01. The van der Waals surface area contributed by atoms with Crippen molar-refractivity contribution in [1.29, 1.82) is 0 Å². The Morgan fingerprint density at radius 3 is 2.28 bits per heavy atom. The van der Waals surface area contributed by atoms with Gasteiger partial charge in [0.05, 0.1) is 12.7 Å². The highest BCUT2D eigenvalue weighted by Crippen LogP contribution is 2.33. The number of nitrogens with one attached hydrogen (secondary N) is 5. The first kappa shape index (κ1) is 41.2. The van der Waals surface area contributed by atoms with E-state index in [0.717, 1.165) is 89.7 Å². The number of anilines is 2. The van der Waals surface area contributed by atoms with E-state index in [1.165, 1.54) is 12.3 Å². The summed E-state index contributed by atoms with van der Waals surface area (Å²) in [6.07, 6.45) is 10.6. The highest BCUT2D eigenvalue weighted by atomic mass is 19.1. The zero-order valence-electron chi connectivity index (χ0n) is 33.7. The molecule has 4 aliphatic rings. The summed E-state index contributed by atoms with van der Waals surface area (Å²) in [7, 11) is 0. The van der Waals surface area contributed by atoms with E-state index in [-0.39, 0.29) is 59.2 Å². The molecule has 3 amide bonds. The topological polar surface area (TPSA) is 164 Å². The SMILES string of the molecule is O=C1CCC(Nc2ccc(C3CCN(CC4CCN(CC(=O)NC5CCC(Nc6ncc(F)c(-c7cccc(-c8ccc[nH]c8=O)c7)n6)CC5)CC4)CC3)c(F)c2)C(=O)N1. The maximum atomic E-state index is 15.2. The Morgan fingerprint density at radius 1 is 0.783 bits per heavy atom. The van der Waals surface area contributed by atoms with Gasteiger partial charge < -0.3 is 25.8 Å². The standard InChI is InChI=1S/C45H53F2N9O4/c46-37-24-34(50-39-12-13-40(57)53-44(39)60)10-11-35(37)29-16-21-55(22-17-29)26-28-14-19-56(20-15-28)27-41(58)51-32-6-8-33(9-7-32)52-45-49-25-38(47)42(54-45)31-4-1-3-30(23-31)36-5-2-18-48-43(36)59/h1-5,10-11,18,23-25,28-29,32-33,39,50H,6-9,12-17,19-22,26-27H2,(H,48,59)(H,51,58)(H,49,52,54)(H,53,57,60). The number of piperidine rings is 3. The lowest BCUT2D eigenvalue weighted by Gasteiger charge is -2.38. The number of aromatic amines is 1. The second-order valence-electron chi connectivity index (χ2n) is 16.8. The molecule has 1 aliphatic carbocycles. The normalized spacial score (nSPS) is 22.3. The Bertz CT molecular complexity index is 2230. The highest BCUT2D eigenvalue weighted by Gasteiger charge is 2.30. The van der Waals surface area contributed by atoms with Crippen molar-refractivity contribution >= 4 is 29.4 Å². The predicted molar refractivity (Wildman–Crippen MR) is 225 cm³/mol. The van der Waals surface area contributed by atoms with Gasteiger partial charge in [-0.2, -0.15) is 0 Å². The average Bonchev–Trinajstić information content (AvgIpc) is 3.25. The zero-order valence-corrected chi connectivity index (χ0v) is 33.7. The van der Waals surface area contributed by atoms with Gasteiger partial charge in [-0.25, -0.2) is 18.7 Å². The molecular formula is C45H53F2N9O4. The Hall–Kier alpha value is -5.54. The molecule has 3 saturated heterocycles. The van der Waals surface area contributed by atoms with E-state index in [4.69, 9.17) is 0 Å². The molecule has 316 valence electrons. The molecule has 60 heavy (non-hydrogen) atoms. The monoisotopic (exact) mass is 821 g/mol. The molecule has 0 spiro atoms. The van der Waals surface area contributed by atoms with Crippen LogP contribution in [0.5, 0.6) is 0 Å². The molecule has 4 fully saturated rings. The van der Waals surface area contributed by atoms with Crippen molar-refractivity contribution in [1.82, 2.24) is 35.4 Å². The lowest BCUT2D eigenvalue weighted by molar-refractivity contribution is -0.133. The summed E-state index contributed by atoms with van der Waals surface area (Å²) < 4.78 is 30.2. The molecule has 4 aromatic rings. The van der Waals surface area contributed by atoms with Crippen LogP contribution in [0, 0.1) is 17.6 Å². The average molecular weight is 822 g/mol. The number of benzene rings is 2. The predicted octanol–water partition coefficient (Wildman–Crippen LogP) is 5.43. The fourth-order valence-corrected chi connectivity index (χ4v) is 9.26. The van der Waals surface area contributed by atoms with Gasteiger partial charge in [0.15, 0.2) is 5.82 Å². The third kappa shape index (κ3) is 10.2. The number of hydrogen-bond donors (Lipinski definition) is 5. The summed E-state index contributed by atoms with van der Waals surface area (Å²) in [5.74, 6) is -0.330. The Balaban J connectivity index is 0.726. The van der Waals surface area contributed by atoms with Gasteiger partial charge in [0.25, 0.3) is 5.56 Å². The zero-order chi connectivity index (χ0) is 41.6. The summed E-state index contributed by atoms with van der Waals surface area (Å²) in [5, 5.41) is 12.0. The van der Waals surface area contributed by atoms with Crippen LogP contribution in [0.1, 0.15) is 75.7 Å². The van der Waals surface area contributed by atoms with E-state index in [0.29, 0.717) is 47.2 Å². The van der Waals surface area contributed by atoms with Gasteiger partial charge in [0, 0.05) is 48.1 Å². The first-order chi connectivity index (χ1) is 29.1. The van der Waals surface area contributed by atoms with Crippen LogP contribution in [0.2, 0.25) is 0 Å². The number of aromatic nitrogens is 3. The minimum absolute atomic E-state index is 0.0604. The number of imide groups is 1. The molecular weight excluding hydrogens is 769 g/mol. The minimum atomic E-state index is -0.547. The molecule has 13 nitrogen and oxygen atoms in total. The van der Waals surface area contributed by atoms with Gasteiger partial charge in [-0.15, -0.1) is 0 Å². The third-order valence-corrected chi connectivity index (χ3v) is 12.6. The molecule has 2 aromatic carbocycles. The van der Waals surface area contributed by atoms with Gasteiger partial charge in [-0.1, -0.05) is 24.3 Å². The fraction of sp³-hybridized carbons (Fsp3) is 0.467. The van der Waals surface area contributed by atoms with Crippen molar-refractivity contribution in [2.24, 2.45) is 5.92 Å². The maximum absolute atomic E-state index is 15.2. The van der Waals surface area contributed by atoms with E-state index < -0.39 is 11.9 Å². The quantitative estimate of drug-likeness (QED) is 0.117. The number of rotatable bonds is 12. The molecule has 5 N–H and O–H groups in total. The molecule has 15 heteroatoms. The number of nitrogens with zero attached hydrogens (tertiary/aromatic N) is 4.